The maximum Gasteiger partial charge on any atom is 0.416 e. The molecule has 0 aliphatic rings. The molecule has 0 bridgehead atoms. The second-order valence-electron chi connectivity index (χ2n) is 5.50. The minimum absolute atomic E-state index is 0. The van der Waals surface area contributed by atoms with Crippen LogP contribution >= 0.6 is 24.0 Å². The molecule has 1 heterocycles. The number of alkyl halides is 3. The third kappa shape index (κ3) is 7.61. The number of aliphatic imine (C=N–C) groups is 1. The lowest BCUT2D eigenvalue weighted by Crippen LogP contribution is -2.37. The molecule has 2 N–H and O–H groups in total. The Morgan fingerprint density at radius 3 is 2.41 bits per heavy atom. The summed E-state index contributed by atoms with van der Waals surface area (Å²) in [7, 11) is 3.21. The molecule has 0 aliphatic carbocycles. The van der Waals surface area contributed by atoms with E-state index in [1.54, 1.807) is 20.4 Å². The lowest BCUT2D eigenvalue weighted by atomic mass is 10.1. The fourth-order valence-electron chi connectivity index (χ4n) is 2.26. The number of guanidine groups is 1. The van der Waals surface area contributed by atoms with Gasteiger partial charge < -0.3 is 15.4 Å². The lowest BCUT2D eigenvalue weighted by molar-refractivity contribution is -0.137. The monoisotopic (exact) mass is 494 g/mol. The Bertz CT molecular complexity index is 736. The minimum atomic E-state index is -4.31. The van der Waals surface area contributed by atoms with E-state index in [9.17, 15) is 13.2 Å². The van der Waals surface area contributed by atoms with Crippen molar-refractivity contribution in [3.63, 3.8) is 0 Å². The number of aromatic nitrogens is 1. The van der Waals surface area contributed by atoms with E-state index in [0.29, 0.717) is 31.3 Å². The molecular weight excluding hydrogens is 472 g/mol. The second-order valence-corrected chi connectivity index (χ2v) is 5.50. The topological polar surface area (TPSA) is 58.5 Å². The van der Waals surface area contributed by atoms with Gasteiger partial charge in [-0.2, -0.15) is 13.2 Å². The number of halogens is 4. The highest BCUT2D eigenvalue weighted by Gasteiger charge is 2.29. The van der Waals surface area contributed by atoms with E-state index in [1.165, 1.54) is 12.1 Å². The van der Waals surface area contributed by atoms with Gasteiger partial charge in [-0.25, -0.2) is 4.98 Å². The Balaban J connectivity index is 0.00000364. The molecule has 0 saturated heterocycles. The first kappa shape index (κ1) is 23.0. The van der Waals surface area contributed by atoms with Gasteiger partial charge >= 0.3 is 6.18 Å². The van der Waals surface area contributed by atoms with Crippen LogP contribution in [-0.4, -0.2) is 31.6 Å². The number of nitrogens with one attached hydrogen (secondary N) is 2. The summed E-state index contributed by atoms with van der Waals surface area (Å²) in [6.45, 7) is 1.09. The van der Waals surface area contributed by atoms with Crippen molar-refractivity contribution in [3.05, 3.63) is 59.3 Å². The quantitative estimate of drug-likeness (QED) is 0.366. The van der Waals surface area contributed by atoms with Crippen LogP contribution in [0.15, 0.2) is 47.6 Å². The second kappa shape index (κ2) is 11.0. The van der Waals surface area contributed by atoms with Crippen molar-refractivity contribution in [1.29, 1.82) is 0 Å². The summed E-state index contributed by atoms with van der Waals surface area (Å²) in [5.41, 5.74) is 1.17. The first-order chi connectivity index (χ1) is 12.4. The van der Waals surface area contributed by atoms with Gasteiger partial charge in [-0.15, -0.1) is 24.0 Å². The molecule has 27 heavy (non-hydrogen) atoms. The van der Waals surface area contributed by atoms with Crippen molar-refractivity contribution in [2.24, 2.45) is 4.99 Å². The van der Waals surface area contributed by atoms with Crippen molar-refractivity contribution in [3.8, 4) is 5.88 Å². The third-order valence-corrected chi connectivity index (χ3v) is 3.68. The van der Waals surface area contributed by atoms with Crippen molar-refractivity contribution in [2.75, 3.05) is 20.7 Å². The number of ether oxygens (including phenoxy) is 1. The molecule has 2 rings (SSSR count). The summed E-state index contributed by atoms with van der Waals surface area (Å²) >= 11 is 0. The largest absolute Gasteiger partial charge is 0.481 e. The van der Waals surface area contributed by atoms with E-state index in [2.05, 4.69) is 20.6 Å². The van der Waals surface area contributed by atoms with Crippen LogP contribution in [0, 0.1) is 0 Å². The number of hydrogen-bond acceptors (Lipinski definition) is 3. The molecular formula is C18H22F3IN4O. The molecule has 1 aromatic heterocycles. The van der Waals surface area contributed by atoms with Crippen molar-refractivity contribution in [1.82, 2.24) is 15.6 Å². The smallest absolute Gasteiger partial charge is 0.416 e. The molecule has 0 fully saturated rings. The first-order valence-electron chi connectivity index (χ1n) is 8.02. The predicted molar refractivity (Wildman–Crippen MR) is 110 cm³/mol. The Morgan fingerprint density at radius 2 is 1.81 bits per heavy atom. The summed E-state index contributed by atoms with van der Waals surface area (Å²) in [6, 6.07) is 8.86. The van der Waals surface area contributed by atoms with E-state index in [4.69, 9.17) is 4.74 Å². The molecule has 0 unspecified atom stereocenters. The van der Waals surface area contributed by atoms with Gasteiger partial charge in [-0.3, -0.25) is 4.99 Å². The molecule has 2 aromatic rings. The Kier molecular flexibility index (Phi) is 9.33. The molecule has 9 heteroatoms. The SMILES string of the molecule is CN=C(NCCc1ccc(C(F)(F)F)cc1)NCc1ccnc(OC)c1.I. The van der Waals surface area contributed by atoms with Crippen LogP contribution in [0.25, 0.3) is 0 Å². The third-order valence-electron chi connectivity index (χ3n) is 3.68. The summed E-state index contributed by atoms with van der Waals surface area (Å²) in [5, 5.41) is 6.29. The van der Waals surface area contributed by atoms with Crippen LogP contribution < -0.4 is 15.4 Å². The predicted octanol–water partition coefficient (Wildman–Crippen LogP) is 3.63. The Labute approximate surface area is 173 Å². The van der Waals surface area contributed by atoms with Crippen LogP contribution in [0.4, 0.5) is 13.2 Å². The minimum Gasteiger partial charge on any atom is -0.481 e. The summed E-state index contributed by atoms with van der Waals surface area (Å²) in [4.78, 5) is 8.17. The van der Waals surface area contributed by atoms with Gasteiger partial charge in [-0.05, 0) is 35.7 Å². The van der Waals surface area contributed by atoms with Gasteiger partial charge in [0, 0.05) is 32.4 Å². The highest BCUT2D eigenvalue weighted by atomic mass is 127. The number of methoxy groups -OCH3 is 1. The molecule has 0 aliphatic heterocycles. The van der Waals surface area contributed by atoms with Crippen LogP contribution in [-0.2, 0) is 19.1 Å². The number of nitrogens with zero attached hydrogens (tertiary/aromatic N) is 2. The number of rotatable bonds is 6. The van der Waals surface area contributed by atoms with Gasteiger partial charge in [0.1, 0.15) is 0 Å². The number of benzene rings is 1. The van der Waals surface area contributed by atoms with Crippen LogP contribution in [0.1, 0.15) is 16.7 Å². The molecule has 0 saturated carbocycles. The Hall–Kier alpha value is -2.04. The maximum absolute atomic E-state index is 12.5. The van der Waals surface area contributed by atoms with Crippen LogP contribution in [0.2, 0.25) is 0 Å². The molecule has 0 spiro atoms. The summed E-state index contributed by atoms with van der Waals surface area (Å²) in [6.07, 6.45) is -2.06. The van der Waals surface area contributed by atoms with E-state index in [0.717, 1.165) is 23.3 Å². The fourth-order valence-corrected chi connectivity index (χ4v) is 2.26. The highest BCUT2D eigenvalue weighted by molar-refractivity contribution is 14.0. The van der Waals surface area contributed by atoms with E-state index < -0.39 is 11.7 Å². The lowest BCUT2D eigenvalue weighted by Gasteiger charge is -2.12. The molecule has 0 atom stereocenters. The zero-order valence-electron chi connectivity index (χ0n) is 15.0. The van der Waals surface area contributed by atoms with Crippen LogP contribution in [0.5, 0.6) is 5.88 Å². The highest BCUT2D eigenvalue weighted by Crippen LogP contribution is 2.29. The average molecular weight is 494 g/mol. The molecule has 5 nitrogen and oxygen atoms in total. The van der Waals surface area contributed by atoms with Gasteiger partial charge in [-0.1, -0.05) is 12.1 Å². The van der Waals surface area contributed by atoms with Crippen molar-refractivity contribution in [2.45, 2.75) is 19.1 Å². The van der Waals surface area contributed by atoms with Crippen LogP contribution in [0.3, 0.4) is 0 Å². The normalized spacial score (nSPS) is 11.5. The number of pyridine rings is 1. The summed E-state index contributed by atoms with van der Waals surface area (Å²) < 4.78 is 42.7. The zero-order chi connectivity index (χ0) is 19.0. The standard InChI is InChI=1S/C18H21F3N4O.HI/c1-22-17(25-12-14-8-9-23-16(11-14)26-2)24-10-7-13-3-5-15(6-4-13)18(19,20)21;/h3-6,8-9,11H,7,10,12H2,1-2H3,(H2,22,24,25);1H. The summed E-state index contributed by atoms with van der Waals surface area (Å²) in [5.74, 6) is 1.14. The first-order valence-corrected chi connectivity index (χ1v) is 8.02. The molecule has 1 aromatic carbocycles. The fraction of sp³-hybridized carbons (Fsp3) is 0.333. The average Bonchev–Trinajstić information content (AvgIpc) is 2.64. The van der Waals surface area contributed by atoms with E-state index in [1.807, 2.05) is 12.1 Å². The van der Waals surface area contributed by atoms with E-state index in [-0.39, 0.29) is 24.0 Å². The zero-order valence-corrected chi connectivity index (χ0v) is 17.3. The maximum atomic E-state index is 12.5. The van der Waals surface area contributed by atoms with Crippen molar-refractivity contribution >= 4 is 29.9 Å². The van der Waals surface area contributed by atoms with Gasteiger partial charge in [0.25, 0.3) is 0 Å². The van der Waals surface area contributed by atoms with Gasteiger partial charge in [0.2, 0.25) is 5.88 Å². The van der Waals surface area contributed by atoms with E-state index >= 15 is 0 Å². The van der Waals surface area contributed by atoms with Crippen molar-refractivity contribution < 1.29 is 17.9 Å². The Morgan fingerprint density at radius 1 is 1.11 bits per heavy atom. The molecule has 0 amide bonds. The molecule has 0 radical (unpaired) electrons. The van der Waals surface area contributed by atoms with Gasteiger partial charge in [0.05, 0.1) is 12.7 Å². The molecule has 148 valence electrons. The number of hydrogen-bond donors (Lipinski definition) is 2. The van der Waals surface area contributed by atoms with Gasteiger partial charge in [0.15, 0.2) is 5.96 Å².